The van der Waals surface area contributed by atoms with Gasteiger partial charge in [0.05, 0.1) is 26.9 Å². The van der Waals surface area contributed by atoms with E-state index in [2.05, 4.69) is 18.2 Å². The molecule has 1 aliphatic rings. The fraction of sp³-hybridized carbons (Fsp3) is 0.222. The largest absolute Gasteiger partial charge is 0.496 e. The number of ether oxygens (including phenoxy) is 3. The molecular formula is C27H27NO4. The van der Waals surface area contributed by atoms with Gasteiger partial charge in [-0.1, -0.05) is 48.5 Å². The molecule has 0 saturated carbocycles. The molecule has 0 aromatic heterocycles. The minimum atomic E-state index is 0.0357. The lowest BCUT2D eigenvalue weighted by molar-refractivity contribution is 0.0773. The van der Waals surface area contributed by atoms with Crippen LogP contribution in [0.1, 0.15) is 22.3 Å². The van der Waals surface area contributed by atoms with Crippen molar-refractivity contribution in [2.45, 2.75) is 6.42 Å². The number of carbonyl (C=O) groups excluding carboxylic acids is 1. The van der Waals surface area contributed by atoms with Crippen molar-refractivity contribution in [2.24, 2.45) is 0 Å². The number of nitrogens with zero attached hydrogens (tertiary/aromatic N) is 1. The third-order valence-corrected chi connectivity index (χ3v) is 5.77. The van der Waals surface area contributed by atoms with Gasteiger partial charge < -0.3 is 19.1 Å². The summed E-state index contributed by atoms with van der Waals surface area (Å²) in [6, 6.07) is 21.7. The van der Waals surface area contributed by atoms with Gasteiger partial charge in [0.2, 0.25) is 0 Å². The molecule has 5 heteroatoms. The van der Waals surface area contributed by atoms with E-state index in [0.717, 1.165) is 22.3 Å². The van der Waals surface area contributed by atoms with Crippen LogP contribution in [-0.2, 0) is 0 Å². The zero-order valence-corrected chi connectivity index (χ0v) is 18.6. The molecule has 164 valence electrons. The Hall–Kier alpha value is -3.73. The first kappa shape index (κ1) is 21.5. The van der Waals surface area contributed by atoms with Crippen molar-refractivity contribution in [3.63, 3.8) is 0 Å². The second kappa shape index (κ2) is 9.60. The summed E-state index contributed by atoms with van der Waals surface area (Å²) < 4.78 is 16.5. The van der Waals surface area contributed by atoms with Gasteiger partial charge in [0.25, 0.3) is 5.91 Å². The first-order chi connectivity index (χ1) is 15.6. The predicted octanol–water partition coefficient (Wildman–Crippen LogP) is 5.31. The van der Waals surface area contributed by atoms with Crippen molar-refractivity contribution < 1.29 is 19.0 Å². The Labute approximate surface area is 188 Å². The van der Waals surface area contributed by atoms with Crippen LogP contribution >= 0.6 is 0 Å². The molecule has 0 unspecified atom stereocenters. The maximum atomic E-state index is 13.1. The standard InChI is InChI=1S/C27H27NO4/c1-30-23-17-24(31-2)26(25(18-23)32-3)21-13-15-28(16-14-21)27(29)22-11-9-20(10-12-22)19-7-5-4-6-8-19/h4-13,17-18H,14-16H2,1-3H3. The normalized spacial score (nSPS) is 13.3. The van der Waals surface area contributed by atoms with Gasteiger partial charge in [0, 0.05) is 30.8 Å². The third kappa shape index (κ3) is 4.33. The molecule has 0 atom stereocenters. The molecule has 0 saturated heterocycles. The van der Waals surface area contributed by atoms with E-state index in [0.29, 0.717) is 42.3 Å². The van der Waals surface area contributed by atoms with Gasteiger partial charge in [-0.15, -0.1) is 0 Å². The van der Waals surface area contributed by atoms with Crippen LogP contribution in [0.3, 0.4) is 0 Å². The molecule has 0 N–H and O–H groups in total. The highest BCUT2D eigenvalue weighted by Crippen LogP contribution is 2.41. The Balaban J connectivity index is 1.52. The van der Waals surface area contributed by atoms with Crippen LogP contribution in [0.15, 0.2) is 72.8 Å². The van der Waals surface area contributed by atoms with Crippen molar-refractivity contribution in [2.75, 3.05) is 34.4 Å². The number of rotatable bonds is 6. The summed E-state index contributed by atoms with van der Waals surface area (Å²) in [4.78, 5) is 14.9. The van der Waals surface area contributed by atoms with Crippen LogP contribution in [0.4, 0.5) is 0 Å². The Kier molecular flexibility index (Phi) is 6.45. The van der Waals surface area contributed by atoms with Gasteiger partial charge in [-0.3, -0.25) is 4.79 Å². The SMILES string of the molecule is COc1cc(OC)c(C2=CCN(C(=O)c3ccc(-c4ccccc4)cc3)CC2)c(OC)c1. The van der Waals surface area contributed by atoms with E-state index in [4.69, 9.17) is 14.2 Å². The number of benzene rings is 3. The summed E-state index contributed by atoms with van der Waals surface area (Å²) >= 11 is 0. The average molecular weight is 430 g/mol. The van der Waals surface area contributed by atoms with E-state index in [1.807, 2.05) is 59.5 Å². The summed E-state index contributed by atoms with van der Waals surface area (Å²) in [6.07, 6.45) is 2.79. The van der Waals surface area contributed by atoms with E-state index in [-0.39, 0.29) is 5.91 Å². The molecule has 4 rings (SSSR count). The minimum Gasteiger partial charge on any atom is -0.496 e. The van der Waals surface area contributed by atoms with Crippen molar-refractivity contribution in [3.8, 4) is 28.4 Å². The molecule has 1 heterocycles. The van der Waals surface area contributed by atoms with E-state index >= 15 is 0 Å². The predicted molar refractivity (Wildman–Crippen MR) is 126 cm³/mol. The van der Waals surface area contributed by atoms with Crippen LogP contribution in [0, 0.1) is 0 Å². The molecule has 3 aromatic carbocycles. The van der Waals surface area contributed by atoms with Crippen LogP contribution < -0.4 is 14.2 Å². The maximum absolute atomic E-state index is 13.1. The Bertz CT molecular complexity index is 1100. The molecule has 0 aliphatic carbocycles. The first-order valence-corrected chi connectivity index (χ1v) is 10.6. The lowest BCUT2D eigenvalue weighted by Gasteiger charge is -2.28. The summed E-state index contributed by atoms with van der Waals surface area (Å²) in [5.74, 6) is 2.11. The number of hydrogen-bond donors (Lipinski definition) is 0. The lowest BCUT2D eigenvalue weighted by atomic mass is 9.96. The molecule has 32 heavy (non-hydrogen) atoms. The maximum Gasteiger partial charge on any atom is 0.254 e. The Morgan fingerprint density at radius 3 is 1.97 bits per heavy atom. The molecule has 0 spiro atoms. The fourth-order valence-corrected chi connectivity index (χ4v) is 4.02. The van der Waals surface area contributed by atoms with Gasteiger partial charge in [-0.25, -0.2) is 0 Å². The first-order valence-electron chi connectivity index (χ1n) is 10.6. The number of carbonyl (C=O) groups is 1. The van der Waals surface area contributed by atoms with Crippen LogP contribution in [-0.4, -0.2) is 45.2 Å². The average Bonchev–Trinajstić information content (AvgIpc) is 2.88. The third-order valence-electron chi connectivity index (χ3n) is 5.77. The second-order valence-electron chi connectivity index (χ2n) is 7.58. The summed E-state index contributed by atoms with van der Waals surface area (Å²) in [5.41, 5.74) is 4.95. The zero-order chi connectivity index (χ0) is 22.5. The highest BCUT2D eigenvalue weighted by molar-refractivity contribution is 5.95. The van der Waals surface area contributed by atoms with Crippen molar-refractivity contribution in [1.82, 2.24) is 4.90 Å². The lowest BCUT2D eigenvalue weighted by Crippen LogP contribution is -2.34. The molecular weight excluding hydrogens is 402 g/mol. The van der Waals surface area contributed by atoms with E-state index < -0.39 is 0 Å². The van der Waals surface area contributed by atoms with E-state index in [1.165, 1.54) is 0 Å². The van der Waals surface area contributed by atoms with Gasteiger partial charge in [-0.2, -0.15) is 0 Å². The minimum absolute atomic E-state index is 0.0357. The highest BCUT2D eigenvalue weighted by atomic mass is 16.5. The molecule has 3 aromatic rings. The fourth-order valence-electron chi connectivity index (χ4n) is 4.02. The van der Waals surface area contributed by atoms with E-state index in [9.17, 15) is 4.79 Å². The van der Waals surface area contributed by atoms with Crippen LogP contribution in [0.5, 0.6) is 17.2 Å². The Morgan fingerprint density at radius 1 is 0.812 bits per heavy atom. The van der Waals surface area contributed by atoms with Gasteiger partial charge >= 0.3 is 0 Å². The molecule has 0 bridgehead atoms. The monoisotopic (exact) mass is 429 g/mol. The number of amides is 1. The second-order valence-corrected chi connectivity index (χ2v) is 7.58. The van der Waals surface area contributed by atoms with Gasteiger partial charge in [-0.05, 0) is 35.3 Å². The van der Waals surface area contributed by atoms with E-state index in [1.54, 1.807) is 21.3 Å². The zero-order valence-electron chi connectivity index (χ0n) is 18.6. The molecule has 0 fully saturated rings. The van der Waals surface area contributed by atoms with Crippen molar-refractivity contribution in [3.05, 3.63) is 83.9 Å². The van der Waals surface area contributed by atoms with Crippen molar-refractivity contribution in [1.29, 1.82) is 0 Å². The summed E-state index contributed by atoms with van der Waals surface area (Å²) in [5, 5.41) is 0. The highest BCUT2D eigenvalue weighted by Gasteiger charge is 2.23. The van der Waals surface area contributed by atoms with Crippen LogP contribution in [0.25, 0.3) is 16.7 Å². The molecule has 0 radical (unpaired) electrons. The van der Waals surface area contributed by atoms with Gasteiger partial charge in [0.1, 0.15) is 17.2 Å². The molecule has 1 aliphatic heterocycles. The van der Waals surface area contributed by atoms with Gasteiger partial charge in [0.15, 0.2) is 0 Å². The number of hydrogen-bond acceptors (Lipinski definition) is 4. The summed E-state index contributed by atoms with van der Waals surface area (Å²) in [6.45, 7) is 1.16. The number of methoxy groups -OCH3 is 3. The Morgan fingerprint density at radius 2 is 1.44 bits per heavy atom. The molecule has 5 nitrogen and oxygen atoms in total. The molecule has 1 amide bonds. The smallest absolute Gasteiger partial charge is 0.254 e. The topological polar surface area (TPSA) is 48.0 Å². The van der Waals surface area contributed by atoms with Crippen LogP contribution in [0.2, 0.25) is 0 Å². The van der Waals surface area contributed by atoms with Crippen molar-refractivity contribution >= 4 is 11.5 Å². The quantitative estimate of drug-likeness (QED) is 0.533. The summed E-state index contributed by atoms with van der Waals surface area (Å²) in [7, 11) is 4.88.